The van der Waals surface area contributed by atoms with Gasteiger partial charge in [-0.1, -0.05) is 23.5 Å². The molecule has 0 unspecified atom stereocenters. The highest BCUT2D eigenvalue weighted by Crippen LogP contribution is 2.13. The van der Waals surface area contributed by atoms with Gasteiger partial charge < -0.3 is 0 Å². The molecule has 1 aromatic rings. The quantitative estimate of drug-likeness (QED) is 0.613. The molecule has 0 saturated carbocycles. The van der Waals surface area contributed by atoms with Crippen LogP contribution in [-0.4, -0.2) is 16.5 Å². The molecule has 4 nitrogen and oxygen atoms in total. The Labute approximate surface area is 74.9 Å². The summed E-state index contributed by atoms with van der Waals surface area (Å²) in [7, 11) is 0. The molecule has 60 valence electrons. The highest BCUT2D eigenvalue weighted by molar-refractivity contribution is 7.80. The lowest BCUT2D eigenvalue weighted by Gasteiger charge is -2.08. The Morgan fingerprint density at radius 1 is 1.42 bits per heavy atom. The van der Waals surface area contributed by atoms with Gasteiger partial charge in [0.2, 0.25) is 0 Å². The fraction of sp³-hybridized carbons (Fsp3) is 0.143. The van der Waals surface area contributed by atoms with Crippen LogP contribution in [0.25, 0.3) is 0 Å². The molecule has 12 heavy (non-hydrogen) atoms. The molecule has 0 radical (unpaired) electrons. The van der Waals surface area contributed by atoms with Crippen LogP contribution >= 0.6 is 12.2 Å². The van der Waals surface area contributed by atoms with Gasteiger partial charge in [-0.15, -0.1) is 5.11 Å². The highest BCUT2D eigenvalue weighted by atomic mass is 32.1. The maximum Gasteiger partial charge on any atom is 0.150 e. The van der Waals surface area contributed by atoms with Crippen LogP contribution in [0.4, 0.5) is 5.82 Å². The molecule has 5 heteroatoms. The lowest BCUT2D eigenvalue weighted by Crippen LogP contribution is -2.16. The van der Waals surface area contributed by atoms with Gasteiger partial charge >= 0.3 is 0 Å². The fourth-order valence-corrected chi connectivity index (χ4v) is 1.09. The Kier molecular flexibility index (Phi) is 1.79. The summed E-state index contributed by atoms with van der Waals surface area (Å²) in [5, 5.41) is 9.25. The second kappa shape index (κ2) is 2.94. The number of hydrogen-bond donors (Lipinski definition) is 0. The zero-order valence-corrected chi connectivity index (χ0v) is 7.03. The van der Waals surface area contributed by atoms with Crippen LogP contribution in [0.5, 0.6) is 0 Å². The Hall–Kier alpha value is -1.36. The third-order valence-corrected chi connectivity index (χ3v) is 1.67. The minimum Gasteiger partial charge on any atom is -0.237 e. The number of nitrogens with zero attached hydrogens (tertiary/aromatic N) is 4. The van der Waals surface area contributed by atoms with Gasteiger partial charge in [-0.2, -0.15) is 0 Å². The summed E-state index contributed by atoms with van der Waals surface area (Å²) in [6.45, 7) is 0.562. The molecule has 0 bridgehead atoms. The number of pyridine rings is 1. The van der Waals surface area contributed by atoms with E-state index in [1.54, 1.807) is 11.2 Å². The first-order chi connectivity index (χ1) is 5.86. The molecule has 1 aliphatic rings. The normalized spacial score (nSPS) is 15.7. The van der Waals surface area contributed by atoms with Crippen molar-refractivity contribution in [3.63, 3.8) is 0 Å². The Morgan fingerprint density at radius 3 is 2.92 bits per heavy atom. The molecule has 0 fully saturated rings. The van der Waals surface area contributed by atoms with E-state index in [1.165, 1.54) is 0 Å². The first-order valence-corrected chi connectivity index (χ1v) is 3.90. The van der Waals surface area contributed by atoms with Crippen molar-refractivity contribution in [3.05, 3.63) is 24.4 Å². The molecule has 0 aliphatic carbocycles. The molecule has 0 atom stereocenters. The topological polar surface area (TPSA) is 40.9 Å². The summed E-state index contributed by atoms with van der Waals surface area (Å²) >= 11 is 4.87. The summed E-state index contributed by atoms with van der Waals surface area (Å²) in [4.78, 5) is 4.71. The van der Waals surface area contributed by atoms with E-state index in [0.29, 0.717) is 11.5 Å². The predicted molar refractivity (Wildman–Crippen MR) is 49.0 cm³/mol. The average Bonchev–Trinajstić information content (AvgIpc) is 2.54. The van der Waals surface area contributed by atoms with E-state index < -0.39 is 0 Å². The van der Waals surface area contributed by atoms with E-state index in [9.17, 15) is 0 Å². The van der Waals surface area contributed by atoms with Crippen LogP contribution < -0.4 is 5.01 Å². The van der Waals surface area contributed by atoms with E-state index in [1.807, 2.05) is 18.2 Å². The molecule has 2 rings (SSSR count). The van der Waals surface area contributed by atoms with Crippen LogP contribution in [0.15, 0.2) is 34.7 Å². The number of aromatic nitrogens is 1. The molecule has 0 aromatic carbocycles. The number of rotatable bonds is 1. The zero-order chi connectivity index (χ0) is 8.39. The molecular weight excluding hydrogens is 172 g/mol. The van der Waals surface area contributed by atoms with Crippen molar-refractivity contribution >= 4 is 23.0 Å². The van der Waals surface area contributed by atoms with Gasteiger partial charge in [0.15, 0.2) is 5.82 Å². The summed E-state index contributed by atoms with van der Waals surface area (Å²) < 4.78 is 0. The molecular formula is C7H6N4S. The standard InChI is InChI=1S/C7H6N4S/c12-7-5-11(10-9-7)6-3-1-2-4-8-6/h1-4H,5H2. The van der Waals surface area contributed by atoms with Crippen molar-refractivity contribution in [2.75, 3.05) is 11.6 Å². The first kappa shape index (κ1) is 7.30. The highest BCUT2D eigenvalue weighted by Gasteiger charge is 2.14. The molecule has 0 N–H and O–H groups in total. The maximum atomic E-state index is 4.87. The summed E-state index contributed by atoms with van der Waals surface area (Å²) in [6, 6.07) is 5.63. The summed E-state index contributed by atoms with van der Waals surface area (Å²) in [6.07, 6.45) is 1.71. The second-order valence-corrected chi connectivity index (χ2v) is 2.80. The summed E-state index contributed by atoms with van der Waals surface area (Å²) in [5.74, 6) is 0.779. The van der Waals surface area contributed by atoms with Gasteiger partial charge in [-0.25, -0.2) is 9.99 Å². The van der Waals surface area contributed by atoms with Crippen molar-refractivity contribution in [2.45, 2.75) is 0 Å². The van der Waals surface area contributed by atoms with Crippen LogP contribution in [-0.2, 0) is 0 Å². The van der Waals surface area contributed by atoms with Gasteiger partial charge in [0.05, 0.1) is 6.54 Å². The Morgan fingerprint density at radius 2 is 2.33 bits per heavy atom. The zero-order valence-electron chi connectivity index (χ0n) is 6.21. The second-order valence-electron chi connectivity index (χ2n) is 2.33. The predicted octanol–water partition coefficient (Wildman–Crippen LogP) is 1.60. The molecule has 2 heterocycles. The van der Waals surface area contributed by atoms with E-state index in [4.69, 9.17) is 12.2 Å². The van der Waals surface area contributed by atoms with E-state index in [0.717, 1.165) is 5.82 Å². The van der Waals surface area contributed by atoms with Gasteiger partial charge in [0.1, 0.15) is 4.99 Å². The molecule has 1 aromatic heterocycles. The largest absolute Gasteiger partial charge is 0.237 e. The van der Waals surface area contributed by atoms with Crippen molar-refractivity contribution in [2.24, 2.45) is 10.3 Å². The Balaban J connectivity index is 2.23. The molecule has 1 aliphatic heterocycles. The van der Waals surface area contributed by atoms with Gasteiger partial charge in [0.25, 0.3) is 0 Å². The third kappa shape index (κ3) is 1.31. The number of anilines is 1. The smallest absolute Gasteiger partial charge is 0.150 e. The molecule has 0 saturated heterocycles. The summed E-state index contributed by atoms with van der Waals surface area (Å²) in [5.41, 5.74) is 0. The van der Waals surface area contributed by atoms with E-state index in [2.05, 4.69) is 15.3 Å². The monoisotopic (exact) mass is 178 g/mol. The van der Waals surface area contributed by atoms with Crippen molar-refractivity contribution < 1.29 is 0 Å². The first-order valence-electron chi connectivity index (χ1n) is 3.49. The number of hydrogen-bond acceptors (Lipinski definition) is 4. The van der Waals surface area contributed by atoms with Gasteiger partial charge in [-0.3, -0.25) is 0 Å². The van der Waals surface area contributed by atoms with Crippen molar-refractivity contribution in [1.82, 2.24) is 4.98 Å². The van der Waals surface area contributed by atoms with Crippen molar-refractivity contribution in [3.8, 4) is 0 Å². The van der Waals surface area contributed by atoms with Crippen LogP contribution in [0, 0.1) is 0 Å². The van der Waals surface area contributed by atoms with Crippen molar-refractivity contribution in [1.29, 1.82) is 0 Å². The van der Waals surface area contributed by atoms with E-state index >= 15 is 0 Å². The maximum absolute atomic E-state index is 4.87. The van der Waals surface area contributed by atoms with Crippen LogP contribution in [0.2, 0.25) is 0 Å². The lowest BCUT2D eigenvalue weighted by molar-refractivity contribution is 0.930. The fourth-order valence-electron chi connectivity index (χ4n) is 0.928. The number of thiocarbonyl (C=S) groups is 1. The van der Waals surface area contributed by atoms with Crippen LogP contribution in [0.1, 0.15) is 0 Å². The third-order valence-electron chi connectivity index (χ3n) is 1.46. The molecule has 0 spiro atoms. The molecule has 0 amide bonds. The minimum absolute atomic E-state index is 0.562. The average molecular weight is 178 g/mol. The lowest BCUT2D eigenvalue weighted by atomic mass is 10.4. The SMILES string of the molecule is S=C1CN(c2ccccn2)N=N1. The minimum atomic E-state index is 0.562. The van der Waals surface area contributed by atoms with E-state index in [-0.39, 0.29) is 0 Å². The van der Waals surface area contributed by atoms with Gasteiger partial charge in [0, 0.05) is 6.20 Å². The van der Waals surface area contributed by atoms with Crippen LogP contribution in [0.3, 0.4) is 0 Å². The Bertz CT molecular complexity index is 321. The van der Waals surface area contributed by atoms with Gasteiger partial charge in [-0.05, 0) is 12.1 Å².